The standard InChI is InChI=1S/C23H30N2O3/c1-5-28-22(27)23(4,14-18-9-7-6-8-10-18)24-21(26)20-13-16(2)25(17(20)3)15-19-11-12-19/h6-10,13,19H,5,11-12,14-15H2,1-4H3,(H,24,26)/t23-/m1/s1. The first-order valence-corrected chi connectivity index (χ1v) is 10.0. The van der Waals surface area contributed by atoms with Gasteiger partial charge in [0, 0.05) is 24.4 Å². The minimum atomic E-state index is -1.13. The van der Waals surface area contributed by atoms with Crippen LogP contribution in [-0.4, -0.2) is 28.6 Å². The van der Waals surface area contributed by atoms with Gasteiger partial charge in [0.15, 0.2) is 0 Å². The van der Waals surface area contributed by atoms with Gasteiger partial charge in [0.25, 0.3) is 5.91 Å². The molecule has 1 aliphatic carbocycles. The molecule has 5 nitrogen and oxygen atoms in total. The third-order valence-electron chi connectivity index (χ3n) is 5.47. The van der Waals surface area contributed by atoms with Crippen molar-refractivity contribution in [1.82, 2.24) is 9.88 Å². The van der Waals surface area contributed by atoms with E-state index in [1.54, 1.807) is 13.8 Å². The minimum Gasteiger partial charge on any atom is -0.464 e. The molecular formula is C23H30N2O3. The van der Waals surface area contributed by atoms with Crippen LogP contribution in [0, 0.1) is 19.8 Å². The molecule has 1 atom stereocenters. The summed E-state index contributed by atoms with van der Waals surface area (Å²) < 4.78 is 7.49. The van der Waals surface area contributed by atoms with Crippen molar-refractivity contribution in [3.63, 3.8) is 0 Å². The predicted molar refractivity (Wildman–Crippen MR) is 109 cm³/mol. The molecule has 1 N–H and O–H groups in total. The maximum absolute atomic E-state index is 13.1. The van der Waals surface area contributed by atoms with E-state index in [0.717, 1.165) is 29.4 Å². The average Bonchev–Trinajstić information content (AvgIpc) is 3.43. The molecule has 3 rings (SSSR count). The monoisotopic (exact) mass is 382 g/mol. The Balaban J connectivity index is 1.83. The van der Waals surface area contributed by atoms with Crippen LogP contribution in [0.1, 0.15) is 54.0 Å². The lowest BCUT2D eigenvalue weighted by Gasteiger charge is -2.28. The smallest absolute Gasteiger partial charge is 0.331 e. The summed E-state index contributed by atoms with van der Waals surface area (Å²) in [5, 5.41) is 2.97. The molecule has 0 bridgehead atoms. The van der Waals surface area contributed by atoms with E-state index in [0.29, 0.717) is 12.0 Å². The first-order chi connectivity index (χ1) is 13.3. The molecule has 150 valence electrons. The van der Waals surface area contributed by atoms with Gasteiger partial charge in [-0.1, -0.05) is 30.3 Å². The Morgan fingerprint density at radius 1 is 1.21 bits per heavy atom. The van der Waals surface area contributed by atoms with Gasteiger partial charge in [-0.25, -0.2) is 4.79 Å². The normalized spacial score (nSPS) is 15.7. The van der Waals surface area contributed by atoms with Crippen molar-refractivity contribution in [2.24, 2.45) is 5.92 Å². The number of hydrogen-bond donors (Lipinski definition) is 1. The third-order valence-corrected chi connectivity index (χ3v) is 5.47. The summed E-state index contributed by atoms with van der Waals surface area (Å²) >= 11 is 0. The van der Waals surface area contributed by atoms with Gasteiger partial charge in [0.1, 0.15) is 5.54 Å². The van der Waals surface area contributed by atoms with E-state index in [1.807, 2.05) is 50.2 Å². The number of amides is 1. The lowest BCUT2D eigenvalue weighted by Crippen LogP contribution is -2.54. The maximum Gasteiger partial charge on any atom is 0.331 e. The molecule has 0 unspecified atom stereocenters. The van der Waals surface area contributed by atoms with Gasteiger partial charge in [-0.05, 0) is 58.1 Å². The highest BCUT2D eigenvalue weighted by Gasteiger charge is 2.37. The Morgan fingerprint density at radius 3 is 2.50 bits per heavy atom. The van der Waals surface area contributed by atoms with Crippen LogP contribution < -0.4 is 5.32 Å². The van der Waals surface area contributed by atoms with Gasteiger partial charge in [0.2, 0.25) is 0 Å². The summed E-state index contributed by atoms with van der Waals surface area (Å²) in [5.74, 6) is 0.0733. The van der Waals surface area contributed by atoms with E-state index in [9.17, 15) is 9.59 Å². The number of carbonyl (C=O) groups is 2. The number of carbonyl (C=O) groups excluding carboxylic acids is 2. The summed E-state index contributed by atoms with van der Waals surface area (Å²) in [6, 6.07) is 11.6. The average molecular weight is 383 g/mol. The topological polar surface area (TPSA) is 60.3 Å². The van der Waals surface area contributed by atoms with Crippen LogP contribution in [-0.2, 0) is 22.5 Å². The molecule has 1 amide bonds. The number of nitrogens with one attached hydrogen (secondary N) is 1. The second-order valence-corrected chi connectivity index (χ2v) is 8.01. The second-order valence-electron chi connectivity index (χ2n) is 8.01. The van der Waals surface area contributed by atoms with Gasteiger partial charge in [-0.2, -0.15) is 0 Å². The first-order valence-electron chi connectivity index (χ1n) is 10.0. The Hall–Kier alpha value is -2.56. The first kappa shape index (κ1) is 20.2. The van der Waals surface area contributed by atoms with Crippen LogP contribution in [0.5, 0.6) is 0 Å². The zero-order chi connectivity index (χ0) is 20.3. The number of aryl methyl sites for hydroxylation is 1. The molecule has 1 saturated carbocycles. The summed E-state index contributed by atoms with van der Waals surface area (Å²) in [5.41, 5.74) is 2.50. The van der Waals surface area contributed by atoms with Crippen LogP contribution in [0.4, 0.5) is 0 Å². The van der Waals surface area contributed by atoms with Crippen molar-refractivity contribution in [1.29, 1.82) is 0 Å². The van der Waals surface area contributed by atoms with Crippen LogP contribution >= 0.6 is 0 Å². The molecule has 0 spiro atoms. The fourth-order valence-corrected chi connectivity index (χ4v) is 3.65. The molecule has 5 heteroatoms. The Morgan fingerprint density at radius 2 is 1.89 bits per heavy atom. The Bertz CT molecular complexity index is 852. The largest absolute Gasteiger partial charge is 0.464 e. The Labute approximate surface area is 167 Å². The van der Waals surface area contributed by atoms with Crippen LogP contribution in [0.25, 0.3) is 0 Å². The number of nitrogens with zero attached hydrogens (tertiary/aromatic N) is 1. The number of rotatable bonds is 8. The minimum absolute atomic E-state index is 0.235. The Kier molecular flexibility index (Phi) is 5.92. The summed E-state index contributed by atoms with van der Waals surface area (Å²) in [6.07, 6.45) is 2.90. The zero-order valence-electron chi connectivity index (χ0n) is 17.2. The maximum atomic E-state index is 13.1. The molecule has 1 fully saturated rings. The van der Waals surface area contributed by atoms with Crippen molar-refractivity contribution < 1.29 is 14.3 Å². The van der Waals surface area contributed by atoms with Gasteiger partial charge in [-0.3, -0.25) is 4.79 Å². The summed E-state index contributed by atoms with van der Waals surface area (Å²) in [4.78, 5) is 25.8. The highest BCUT2D eigenvalue weighted by atomic mass is 16.5. The number of aromatic nitrogens is 1. The number of ether oxygens (including phenoxy) is 1. The molecule has 0 radical (unpaired) electrons. The molecule has 0 aliphatic heterocycles. The van der Waals surface area contributed by atoms with Gasteiger partial charge >= 0.3 is 5.97 Å². The van der Waals surface area contributed by atoms with Crippen molar-refractivity contribution >= 4 is 11.9 Å². The van der Waals surface area contributed by atoms with E-state index < -0.39 is 11.5 Å². The predicted octanol–water partition coefficient (Wildman–Crippen LogP) is 3.81. The van der Waals surface area contributed by atoms with Gasteiger partial charge in [-0.15, -0.1) is 0 Å². The summed E-state index contributed by atoms with van der Waals surface area (Å²) in [6.45, 7) is 8.75. The van der Waals surface area contributed by atoms with E-state index in [2.05, 4.69) is 9.88 Å². The van der Waals surface area contributed by atoms with Gasteiger partial charge in [0.05, 0.1) is 12.2 Å². The van der Waals surface area contributed by atoms with Crippen molar-refractivity contribution in [3.8, 4) is 0 Å². The molecule has 0 saturated heterocycles. The van der Waals surface area contributed by atoms with Gasteiger partial charge < -0.3 is 14.6 Å². The number of esters is 1. The van der Waals surface area contributed by atoms with E-state index >= 15 is 0 Å². The van der Waals surface area contributed by atoms with Crippen molar-refractivity contribution in [2.45, 2.75) is 59.0 Å². The van der Waals surface area contributed by atoms with Crippen LogP contribution in [0.3, 0.4) is 0 Å². The molecule has 1 aromatic carbocycles. The molecule has 2 aromatic rings. The third kappa shape index (κ3) is 4.46. The SMILES string of the molecule is CCOC(=O)[C@@](C)(Cc1ccccc1)NC(=O)c1cc(C)n(CC2CC2)c1C. The highest BCUT2D eigenvalue weighted by Crippen LogP contribution is 2.32. The molecular weight excluding hydrogens is 352 g/mol. The zero-order valence-corrected chi connectivity index (χ0v) is 17.2. The second kappa shape index (κ2) is 8.21. The lowest BCUT2D eigenvalue weighted by molar-refractivity contribution is -0.150. The van der Waals surface area contributed by atoms with E-state index in [1.165, 1.54) is 12.8 Å². The molecule has 1 heterocycles. The molecule has 1 aliphatic rings. The number of hydrogen-bond acceptors (Lipinski definition) is 3. The van der Waals surface area contributed by atoms with Crippen molar-refractivity contribution in [2.75, 3.05) is 6.61 Å². The quantitative estimate of drug-likeness (QED) is 0.706. The van der Waals surface area contributed by atoms with Crippen molar-refractivity contribution in [3.05, 3.63) is 58.9 Å². The fraction of sp³-hybridized carbons (Fsp3) is 0.478. The summed E-state index contributed by atoms with van der Waals surface area (Å²) in [7, 11) is 0. The van der Waals surface area contributed by atoms with E-state index in [4.69, 9.17) is 4.74 Å². The van der Waals surface area contributed by atoms with Crippen LogP contribution in [0.2, 0.25) is 0 Å². The highest BCUT2D eigenvalue weighted by molar-refractivity contribution is 5.99. The molecule has 1 aromatic heterocycles. The van der Waals surface area contributed by atoms with E-state index in [-0.39, 0.29) is 12.5 Å². The molecule has 28 heavy (non-hydrogen) atoms. The lowest BCUT2D eigenvalue weighted by atomic mass is 9.92. The van der Waals surface area contributed by atoms with Crippen LogP contribution in [0.15, 0.2) is 36.4 Å². The number of benzene rings is 1. The fourth-order valence-electron chi connectivity index (χ4n) is 3.65.